The fourth-order valence-corrected chi connectivity index (χ4v) is 3.85. The van der Waals surface area contributed by atoms with Crippen molar-refractivity contribution in [3.8, 4) is 5.95 Å². The van der Waals surface area contributed by atoms with Gasteiger partial charge in [0.2, 0.25) is 17.8 Å². The molecule has 12 heteroatoms. The van der Waals surface area contributed by atoms with Crippen molar-refractivity contribution >= 4 is 34.4 Å². The summed E-state index contributed by atoms with van der Waals surface area (Å²) < 4.78 is 16.0. The van der Waals surface area contributed by atoms with Gasteiger partial charge in [0.15, 0.2) is 5.65 Å². The van der Waals surface area contributed by atoms with Crippen LogP contribution in [0.1, 0.15) is 12.1 Å². The van der Waals surface area contributed by atoms with Crippen LogP contribution in [0.25, 0.3) is 17.0 Å². The highest BCUT2D eigenvalue weighted by Gasteiger charge is 2.35. The lowest BCUT2D eigenvalue weighted by atomic mass is 10.1. The number of H-pyrrole nitrogens is 1. The van der Waals surface area contributed by atoms with E-state index in [1.54, 1.807) is 20.0 Å². The topological polar surface area (TPSA) is 131 Å². The number of benzene rings is 1. The summed E-state index contributed by atoms with van der Waals surface area (Å²) in [4.78, 5) is 46.4. The molecular weight excluding hydrogens is 431 g/mol. The van der Waals surface area contributed by atoms with Crippen molar-refractivity contribution in [2.24, 2.45) is 13.0 Å². The molecule has 1 atom stereocenters. The summed E-state index contributed by atoms with van der Waals surface area (Å²) in [5.74, 6) is -1.20. The number of nitrogens with one attached hydrogen (secondary N) is 2. The Morgan fingerprint density at radius 2 is 2.00 bits per heavy atom. The molecule has 3 aromatic heterocycles. The second-order valence-electron chi connectivity index (χ2n) is 7.85. The molecule has 11 nitrogen and oxygen atoms in total. The molecular formula is C21H19FN8O3. The first-order valence-electron chi connectivity index (χ1n) is 10.2. The molecule has 0 spiro atoms. The van der Waals surface area contributed by atoms with E-state index in [-0.39, 0.29) is 36.3 Å². The predicted molar refractivity (Wildman–Crippen MR) is 116 cm³/mol. The number of halogens is 1. The molecule has 1 fully saturated rings. The number of aromatic amines is 1. The quantitative estimate of drug-likeness (QED) is 0.482. The molecule has 1 aliphatic rings. The number of rotatable bonds is 4. The van der Waals surface area contributed by atoms with Crippen molar-refractivity contribution in [3.05, 3.63) is 58.4 Å². The van der Waals surface area contributed by atoms with Gasteiger partial charge in [-0.1, -0.05) is 0 Å². The molecule has 1 aromatic carbocycles. The second-order valence-corrected chi connectivity index (χ2v) is 7.85. The van der Waals surface area contributed by atoms with Gasteiger partial charge in [-0.25, -0.2) is 4.39 Å². The lowest BCUT2D eigenvalue weighted by molar-refractivity contribution is -0.122. The number of fused-ring (bicyclic) bond motifs is 1. The molecule has 4 aromatic rings. The molecule has 168 valence electrons. The Kier molecular flexibility index (Phi) is 4.77. The van der Waals surface area contributed by atoms with E-state index in [1.807, 2.05) is 0 Å². The van der Waals surface area contributed by atoms with Gasteiger partial charge < -0.3 is 10.2 Å². The van der Waals surface area contributed by atoms with E-state index in [9.17, 15) is 18.8 Å². The smallest absolute Gasteiger partial charge is 0.263 e. The number of carbonyl (C=O) groups excluding carboxylic acids is 2. The summed E-state index contributed by atoms with van der Waals surface area (Å²) in [5.41, 5.74) is 1.11. The van der Waals surface area contributed by atoms with E-state index in [0.717, 1.165) is 0 Å². The third kappa shape index (κ3) is 3.64. The molecule has 1 aliphatic heterocycles. The molecule has 33 heavy (non-hydrogen) atoms. The van der Waals surface area contributed by atoms with Crippen LogP contribution in [0.4, 0.5) is 15.9 Å². The monoisotopic (exact) mass is 450 g/mol. The molecule has 1 saturated heterocycles. The van der Waals surface area contributed by atoms with Crippen molar-refractivity contribution in [1.82, 2.24) is 29.5 Å². The maximum atomic E-state index is 13.2. The van der Waals surface area contributed by atoms with Gasteiger partial charge in [-0.2, -0.15) is 19.9 Å². The number of aromatic nitrogens is 6. The van der Waals surface area contributed by atoms with E-state index in [4.69, 9.17) is 0 Å². The average Bonchev–Trinajstić information content (AvgIpc) is 3.46. The van der Waals surface area contributed by atoms with Gasteiger partial charge in [-0.3, -0.25) is 24.0 Å². The van der Waals surface area contributed by atoms with Gasteiger partial charge in [-0.15, -0.1) is 0 Å². The van der Waals surface area contributed by atoms with Crippen molar-refractivity contribution in [2.75, 3.05) is 16.8 Å². The van der Waals surface area contributed by atoms with Gasteiger partial charge in [0, 0.05) is 31.8 Å². The Hall–Kier alpha value is -4.35. The number of aryl methyl sites for hydroxylation is 2. The highest BCUT2D eigenvalue weighted by molar-refractivity contribution is 6.03. The minimum atomic E-state index is -0.613. The lowest BCUT2D eigenvalue weighted by Gasteiger charge is -2.16. The molecule has 2 amide bonds. The third-order valence-electron chi connectivity index (χ3n) is 5.51. The standard InChI is InChI=1S/C21H19FN8O3/c1-11-7-16(30(27-11)21-25-18-15(20(33)26-21)9-23-28(18)2)24-19(32)12-8-17(31)29(10-12)14-5-3-13(22)4-6-14/h3-7,9,12H,8,10H2,1-2H3,(H,24,32)(H,25,26,33). The number of hydrogen-bond acceptors (Lipinski definition) is 6. The normalized spacial score (nSPS) is 16.0. The van der Waals surface area contributed by atoms with Crippen LogP contribution in [-0.2, 0) is 16.6 Å². The number of anilines is 2. The zero-order chi connectivity index (χ0) is 23.3. The summed E-state index contributed by atoms with van der Waals surface area (Å²) in [6.45, 7) is 1.90. The molecule has 0 radical (unpaired) electrons. The number of carbonyl (C=O) groups is 2. The van der Waals surface area contributed by atoms with Gasteiger partial charge in [0.25, 0.3) is 5.56 Å². The van der Waals surface area contributed by atoms with Crippen LogP contribution in [0.15, 0.2) is 41.3 Å². The minimum absolute atomic E-state index is 0.0202. The van der Waals surface area contributed by atoms with Crippen LogP contribution >= 0.6 is 0 Å². The Morgan fingerprint density at radius 1 is 1.24 bits per heavy atom. The molecule has 5 rings (SSSR count). The van der Waals surface area contributed by atoms with Crippen LogP contribution < -0.4 is 15.8 Å². The highest BCUT2D eigenvalue weighted by atomic mass is 19.1. The Balaban J connectivity index is 1.40. The van der Waals surface area contributed by atoms with E-state index >= 15 is 0 Å². The molecule has 0 bridgehead atoms. The van der Waals surface area contributed by atoms with Crippen molar-refractivity contribution < 1.29 is 14.0 Å². The van der Waals surface area contributed by atoms with Crippen LogP contribution in [0.2, 0.25) is 0 Å². The lowest BCUT2D eigenvalue weighted by Crippen LogP contribution is -2.28. The Labute approximate surface area is 185 Å². The summed E-state index contributed by atoms with van der Waals surface area (Å²) in [7, 11) is 1.67. The molecule has 4 heterocycles. The molecule has 2 N–H and O–H groups in total. The molecule has 0 saturated carbocycles. The molecule has 1 unspecified atom stereocenters. The SMILES string of the molecule is Cc1cc(NC(=O)C2CC(=O)N(c3ccc(F)cc3)C2)n(-c2nc3c(cnn3C)c(=O)[nH]2)n1. The summed E-state index contributed by atoms with van der Waals surface area (Å²) >= 11 is 0. The van der Waals surface area contributed by atoms with Crippen molar-refractivity contribution in [3.63, 3.8) is 0 Å². The van der Waals surface area contributed by atoms with Crippen molar-refractivity contribution in [1.29, 1.82) is 0 Å². The Morgan fingerprint density at radius 3 is 2.76 bits per heavy atom. The van der Waals surface area contributed by atoms with Crippen molar-refractivity contribution in [2.45, 2.75) is 13.3 Å². The zero-order valence-corrected chi connectivity index (χ0v) is 17.7. The summed E-state index contributed by atoms with van der Waals surface area (Å²) in [6, 6.07) is 7.18. The van der Waals surface area contributed by atoms with E-state index in [0.29, 0.717) is 28.2 Å². The van der Waals surface area contributed by atoms with Crippen LogP contribution in [0.3, 0.4) is 0 Å². The number of hydrogen-bond donors (Lipinski definition) is 2. The van der Waals surface area contributed by atoms with Gasteiger partial charge in [-0.05, 0) is 31.2 Å². The average molecular weight is 450 g/mol. The fourth-order valence-electron chi connectivity index (χ4n) is 3.85. The van der Waals surface area contributed by atoms with E-state index < -0.39 is 11.7 Å². The second kappa shape index (κ2) is 7.65. The summed E-state index contributed by atoms with van der Waals surface area (Å²) in [5, 5.41) is 11.5. The largest absolute Gasteiger partial charge is 0.312 e. The van der Waals surface area contributed by atoms with Gasteiger partial charge in [0.05, 0.1) is 17.8 Å². The summed E-state index contributed by atoms with van der Waals surface area (Å²) in [6.07, 6.45) is 1.44. The minimum Gasteiger partial charge on any atom is -0.312 e. The fraction of sp³-hybridized carbons (Fsp3) is 0.238. The van der Waals surface area contributed by atoms with Crippen LogP contribution in [0, 0.1) is 18.7 Å². The zero-order valence-electron chi connectivity index (χ0n) is 17.7. The first-order valence-corrected chi connectivity index (χ1v) is 10.2. The van der Waals surface area contributed by atoms with E-state index in [1.165, 1.54) is 44.7 Å². The maximum absolute atomic E-state index is 13.2. The van der Waals surface area contributed by atoms with Gasteiger partial charge >= 0.3 is 0 Å². The first-order chi connectivity index (χ1) is 15.8. The Bertz CT molecular complexity index is 1450. The van der Waals surface area contributed by atoms with Crippen LogP contribution in [0.5, 0.6) is 0 Å². The van der Waals surface area contributed by atoms with Gasteiger partial charge in [0.1, 0.15) is 17.0 Å². The number of nitrogens with zero attached hydrogens (tertiary/aromatic N) is 6. The van der Waals surface area contributed by atoms with E-state index in [2.05, 4.69) is 25.5 Å². The molecule has 0 aliphatic carbocycles. The maximum Gasteiger partial charge on any atom is 0.263 e. The first kappa shape index (κ1) is 20.5. The van der Waals surface area contributed by atoms with Crippen LogP contribution in [-0.4, -0.2) is 47.9 Å². The predicted octanol–water partition coefficient (Wildman–Crippen LogP) is 1.28. The number of amides is 2. The highest BCUT2D eigenvalue weighted by Crippen LogP contribution is 2.26. The third-order valence-corrected chi connectivity index (χ3v) is 5.51.